The number of aliphatic imine (C=N–C) groups is 1. The molecule has 0 saturated carbocycles. The molecule has 1 aliphatic rings. The number of guanidine groups is 1. The average molecular weight is 429 g/mol. The first-order valence-corrected chi connectivity index (χ1v) is 9.98. The summed E-state index contributed by atoms with van der Waals surface area (Å²) < 4.78 is 43.8. The molecule has 0 aliphatic carbocycles. The summed E-state index contributed by atoms with van der Waals surface area (Å²) in [7, 11) is 1.59. The van der Waals surface area contributed by atoms with Crippen molar-refractivity contribution in [2.75, 3.05) is 46.4 Å². The molecule has 10 heteroatoms. The standard InChI is InChI=1S/C20H30F3N5O2/c1-4-24-19(28-11-9-27(10-12-28)15(2)20(21,22)23)26-14-18(29)25-13-16-5-7-17(30-3)8-6-16/h5-8,15H,4,9-14H2,1-3H3,(H,24,26)(H,25,29). The first-order chi connectivity index (χ1) is 14.2. The van der Waals surface area contributed by atoms with Crippen LogP contribution in [0.3, 0.4) is 0 Å². The normalized spacial score (nSPS) is 16.9. The number of carbonyl (C=O) groups excluding carboxylic acids is 1. The van der Waals surface area contributed by atoms with Gasteiger partial charge in [-0.2, -0.15) is 13.2 Å². The molecule has 1 heterocycles. The van der Waals surface area contributed by atoms with Crippen molar-refractivity contribution >= 4 is 11.9 Å². The molecule has 1 fully saturated rings. The van der Waals surface area contributed by atoms with Gasteiger partial charge in [-0.05, 0) is 31.5 Å². The second kappa shape index (κ2) is 11.1. The van der Waals surface area contributed by atoms with Crippen molar-refractivity contribution in [3.63, 3.8) is 0 Å². The Morgan fingerprint density at radius 1 is 1.17 bits per heavy atom. The van der Waals surface area contributed by atoms with Gasteiger partial charge in [0.25, 0.3) is 0 Å². The fourth-order valence-electron chi connectivity index (χ4n) is 3.10. The smallest absolute Gasteiger partial charge is 0.403 e. The molecule has 0 spiro atoms. The number of nitrogens with one attached hydrogen (secondary N) is 2. The van der Waals surface area contributed by atoms with Crippen LogP contribution < -0.4 is 15.4 Å². The third-order valence-corrected chi connectivity index (χ3v) is 4.99. The molecule has 1 aliphatic heterocycles. The highest BCUT2D eigenvalue weighted by molar-refractivity contribution is 5.85. The average Bonchev–Trinajstić information content (AvgIpc) is 2.74. The molecule has 168 valence electrons. The van der Waals surface area contributed by atoms with E-state index in [-0.39, 0.29) is 25.5 Å². The first kappa shape index (κ1) is 23.8. The van der Waals surface area contributed by atoms with Crippen molar-refractivity contribution < 1.29 is 22.7 Å². The van der Waals surface area contributed by atoms with Gasteiger partial charge in [-0.3, -0.25) is 9.69 Å². The zero-order valence-corrected chi connectivity index (χ0v) is 17.6. The lowest BCUT2D eigenvalue weighted by Crippen LogP contribution is -2.56. The predicted octanol–water partition coefficient (Wildman–Crippen LogP) is 1.85. The number of halogens is 3. The van der Waals surface area contributed by atoms with E-state index in [9.17, 15) is 18.0 Å². The minimum absolute atomic E-state index is 0.0579. The summed E-state index contributed by atoms with van der Waals surface area (Å²) in [5, 5.41) is 5.92. The number of carbonyl (C=O) groups is 1. The summed E-state index contributed by atoms with van der Waals surface area (Å²) >= 11 is 0. The quantitative estimate of drug-likeness (QED) is 0.512. The number of alkyl halides is 3. The number of amides is 1. The summed E-state index contributed by atoms with van der Waals surface area (Å²) in [6.07, 6.45) is -4.23. The van der Waals surface area contributed by atoms with E-state index in [0.29, 0.717) is 32.1 Å². The van der Waals surface area contributed by atoms with Gasteiger partial charge in [0.05, 0.1) is 7.11 Å². The van der Waals surface area contributed by atoms with Gasteiger partial charge in [0.2, 0.25) is 5.91 Å². The van der Waals surface area contributed by atoms with E-state index in [0.717, 1.165) is 11.3 Å². The summed E-state index contributed by atoms with van der Waals surface area (Å²) in [5.41, 5.74) is 0.940. The number of rotatable bonds is 7. The molecule has 1 aromatic carbocycles. The van der Waals surface area contributed by atoms with Gasteiger partial charge in [-0.1, -0.05) is 12.1 Å². The van der Waals surface area contributed by atoms with Crippen LogP contribution in [0.15, 0.2) is 29.3 Å². The van der Waals surface area contributed by atoms with Crippen LogP contribution in [-0.2, 0) is 11.3 Å². The SMILES string of the molecule is CCNC(=NCC(=O)NCc1ccc(OC)cc1)N1CCN(C(C)C(F)(F)F)CC1. The number of benzene rings is 1. The number of piperazine rings is 1. The maximum absolute atomic E-state index is 12.9. The number of hydrogen-bond donors (Lipinski definition) is 2. The van der Waals surface area contributed by atoms with Crippen LogP contribution in [0.2, 0.25) is 0 Å². The van der Waals surface area contributed by atoms with Crippen LogP contribution in [0.4, 0.5) is 13.2 Å². The Balaban J connectivity index is 1.85. The maximum atomic E-state index is 12.9. The van der Waals surface area contributed by atoms with Gasteiger partial charge < -0.3 is 20.3 Å². The second-order valence-corrected chi connectivity index (χ2v) is 7.04. The Labute approximate surface area is 175 Å². The molecule has 2 N–H and O–H groups in total. The van der Waals surface area contributed by atoms with Crippen molar-refractivity contribution in [1.82, 2.24) is 20.4 Å². The first-order valence-electron chi connectivity index (χ1n) is 9.98. The minimum Gasteiger partial charge on any atom is -0.497 e. The van der Waals surface area contributed by atoms with Gasteiger partial charge in [0, 0.05) is 39.3 Å². The van der Waals surface area contributed by atoms with Crippen molar-refractivity contribution in [3.8, 4) is 5.75 Å². The van der Waals surface area contributed by atoms with Crippen LogP contribution in [0.1, 0.15) is 19.4 Å². The zero-order valence-electron chi connectivity index (χ0n) is 17.6. The van der Waals surface area contributed by atoms with Crippen molar-refractivity contribution in [2.24, 2.45) is 4.99 Å². The molecular formula is C20H30F3N5O2. The highest BCUT2D eigenvalue weighted by Gasteiger charge is 2.41. The van der Waals surface area contributed by atoms with Crippen LogP contribution in [0.25, 0.3) is 0 Å². The minimum atomic E-state index is -4.23. The lowest BCUT2D eigenvalue weighted by molar-refractivity contribution is -0.181. The van der Waals surface area contributed by atoms with E-state index in [2.05, 4.69) is 15.6 Å². The van der Waals surface area contributed by atoms with Gasteiger partial charge in [-0.25, -0.2) is 4.99 Å². The fraction of sp³-hybridized carbons (Fsp3) is 0.600. The van der Waals surface area contributed by atoms with Gasteiger partial charge in [0.1, 0.15) is 18.3 Å². The van der Waals surface area contributed by atoms with E-state index in [1.807, 2.05) is 36.1 Å². The van der Waals surface area contributed by atoms with E-state index < -0.39 is 12.2 Å². The highest BCUT2D eigenvalue weighted by atomic mass is 19.4. The Hall–Kier alpha value is -2.49. The Bertz CT molecular complexity index is 701. The van der Waals surface area contributed by atoms with E-state index in [1.54, 1.807) is 7.11 Å². The third-order valence-electron chi connectivity index (χ3n) is 4.99. The van der Waals surface area contributed by atoms with Crippen LogP contribution in [0.5, 0.6) is 5.75 Å². The molecule has 30 heavy (non-hydrogen) atoms. The van der Waals surface area contributed by atoms with Crippen LogP contribution in [0, 0.1) is 0 Å². The molecule has 1 saturated heterocycles. The second-order valence-electron chi connectivity index (χ2n) is 7.04. The van der Waals surface area contributed by atoms with Crippen molar-refractivity contribution in [3.05, 3.63) is 29.8 Å². The zero-order chi connectivity index (χ0) is 22.1. The van der Waals surface area contributed by atoms with E-state index >= 15 is 0 Å². The summed E-state index contributed by atoms with van der Waals surface area (Å²) in [5.74, 6) is 1.05. The molecular weight excluding hydrogens is 399 g/mol. The summed E-state index contributed by atoms with van der Waals surface area (Å²) in [6, 6.07) is 5.91. The van der Waals surface area contributed by atoms with E-state index in [1.165, 1.54) is 11.8 Å². The Kier molecular flexibility index (Phi) is 8.76. The lowest BCUT2D eigenvalue weighted by atomic mass is 10.2. The van der Waals surface area contributed by atoms with Crippen LogP contribution in [-0.4, -0.2) is 80.3 Å². The summed E-state index contributed by atoms with van der Waals surface area (Å²) in [4.78, 5) is 19.8. The van der Waals surface area contributed by atoms with Gasteiger partial charge in [0.15, 0.2) is 5.96 Å². The highest BCUT2D eigenvalue weighted by Crippen LogP contribution is 2.25. The molecule has 0 radical (unpaired) electrons. The molecule has 1 unspecified atom stereocenters. The molecule has 1 amide bonds. The van der Waals surface area contributed by atoms with Crippen LogP contribution >= 0.6 is 0 Å². The molecule has 1 atom stereocenters. The molecule has 1 aromatic rings. The molecule has 7 nitrogen and oxygen atoms in total. The largest absolute Gasteiger partial charge is 0.497 e. The number of hydrogen-bond acceptors (Lipinski definition) is 4. The maximum Gasteiger partial charge on any atom is 0.403 e. The predicted molar refractivity (Wildman–Crippen MR) is 109 cm³/mol. The monoisotopic (exact) mass is 429 g/mol. The third kappa shape index (κ3) is 7.08. The molecule has 0 bridgehead atoms. The number of nitrogens with zero attached hydrogens (tertiary/aromatic N) is 3. The molecule has 0 aromatic heterocycles. The number of methoxy groups -OCH3 is 1. The Morgan fingerprint density at radius 3 is 2.33 bits per heavy atom. The topological polar surface area (TPSA) is 69.2 Å². The van der Waals surface area contributed by atoms with Crippen molar-refractivity contribution in [1.29, 1.82) is 0 Å². The van der Waals surface area contributed by atoms with E-state index in [4.69, 9.17) is 4.74 Å². The number of ether oxygens (including phenoxy) is 1. The molecule has 2 rings (SSSR count). The van der Waals surface area contributed by atoms with Crippen molar-refractivity contribution in [2.45, 2.75) is 32.6 Å². The van der Waals surface area contributed by atoms with Gasteiger partial charge >= 0.3 is 6.18 Å². The fourth-order valence-corrected chi connectivity index (χ4v) is 3.10. The Morgan fingerprint density at radius 2 is 1.80 bits per heavy atom. The summed E-state index contributed by atoms with van der Waals surface area (Å²) in [6.45, 7) is 5.42. The van der Waals surface area contributed by atoms with Gasteiger partial charge in [-0.15, -0.1) is 0 Å². The lowest BCUT2D eigenvalue weighted by Gasteiger charge is -2.39.